The summed E-state index contributed by atoms with van der Waals surface area (Å²) < 4.78 is 15.2. The Morgan fingerprint density at radius 1 is 1.60 bits per heavy atom. The number of aromatic amines is 1. The van der Waals surface area contributed by atoms with Gasteiger partial charge in [-0.1, -0.05) is 0 Å². The van der Waals surface area contributed by atoms with Crippen LogP contribution in [0.2, 0.25) is 0 Å². The minimum Gasteiger partial charge on any atom is -0.790 e. The molecule has 0 aliphatic carbocycles. The number of nitrogens with zero attached hydrogens (tertiary/aromatic N) is 1. The number of hydrogen-bond donors (Lipinski definition) is 1. The molecule has 6 nitrogen and oxygen atoms in total. The van der Waals surface area contributed by atoms with Gasteiger partial charge in [0.15, 0.2) is 0 Å². The van der Waals surface area contributed by atoms with E-state index in [1.165, 1.54) is 12.7 Å². The molecule has 0 aliphatic rings. The van der Waals surface area contributed by atoms with Crippen LogP contribution in [0.25, 0.3) is 0 Å². The monoisotopic (exact) mass is 260 g/mol. The molecule has 0 unspecified atom stereocenters. The van der Waals surface area contributed by atoms with Crippen LogP contribution in [-0.2, 0) is 16.1 Å². The molecule has 0 saturated heterocycles. The molecule has 0 atom stereocenters. The first-order valence-electron chi connectivity index (χ1n) is 4.03. The molecule has 0 radical (unpaired) electrons. The number of phosphoric acid groups is 1. The SMILES string of the molecule is CCOP(=O)([O-])[O-].Cc1[nH]cc[n+]1C.[K+]. The zero-order chi connectivity index (χ0) is 11.2. The fourth-order valence-electron chi connectivity index (χ4n) is 0.641. The fourth-order valence-corrected chi connectivity index (χ4v) is 0.958. The van der Waals surface area contributed by atoms with Crippen molar-refractivity contribution in [3.05, 3.63) is 18.2 Å². The van der Waals surface area contributed by atoms with Gasteiger partial charge >= 0.3 is 51.4 Å². The third kappa shape index (κ3) is 11.2. The zero-order valence-corrected chi connectivity index (χ0v) is 13.4. The number of imidazole rings is 1. The van der Waals surface area contributed by atoms with E-state index in [0.29, 0.717) is 0 Å². The molecule has 1 aromatic rings. The summed E-state index contributed by atoms with van der Waals surface area (Å²) >= 11 is 0. The summed E-state index contributed by atoms with van der Waals surface area (Å²) in [5.74, 6) is 1.18. The average molecular weight is 260 g/mol. The Hall–Kier alpha value is 0.956. The summed E-state index contributed by atoms with van der Waals surface area (Å²) in [6, 6.07) is 0. The van der Waals surface area contributed by atoms with Crippen molar-refractivity contribution in [2.45, 2.75) is 13.8 Å². The Labute approximate surface area is 132 Å². The van der Waals surface area contributed by atoms with E-state index in [9.17, 15) is 14.4 Å². The molecule has 0 aromatic carbocycles. The van der Waals surface area contributed by atoms with Gasteiger partial charge in [-0.2, -0.15) is 0 Å². The summed E-state index contributed by atoms with van der Waals surface area (Å²) in [5, 5.41) is 0. The van der Waals surface area contributed by atoms with Crippen LogP contribution in [0.3, 0.4) is 0 Å². The van der Waals surface area contributed by atoms with Crippen molar-refractivity contribution < 1.29 is 74.8 Å². The van der Waals surface area contributed by atoms with Crippen LogP contribution in [0.5, 0.6) is 0 Å². The van der Waals surface area contributed by atoms with Gasteiger partial charge in [-0.3, -0.25) is 0 Å². The third-order valence-corrected chi connectivity index (χ3v) is 1.98. The summed E-state index contributed by atoms with van der Waals surface area (Å²) in [6.07, 6.45) is 3.89. The molecule has 1 rings (SSSR count). The van der Waals surface area contributed by atoms with E-state index in [1.807, 2.05) is 30.9 Å². The van der Waals surface area contributed by atoms with Crippen LogP contribution in [-0.4, -0.2) is 11.6 Å². The van der Waals surface area contributed by atoms with Gasteiger partial charge in [-0.25, -0.2) is 9.55 Å². The van der Waals surface area contributed by atoms with Crippen LogP contribution >= 0.6 is 7.82 Å². The normalized spacial score (nSPS) is 9.93. The van der Waals surface area contributed by atoms with Gasteiger partial charge < -0.3 is 18.9 Å². The maximum Gasteiger partial charge on any atom is 1.00 e. The predicted molar refractivity (Wildman–Crippen MR) is 45.9 cm³/mol. The number of aryl methyl sites for hydroxylation is 2. The molecule has 0 saturated carbocycles. The first kappa shape index (κ1) is 18.3. The second kappa shape index (κ2) is 9.04. The topological polar surface area (TPSA) is 92.1 Å². The van der Waals surface area contributed by atoms with Crippen molar-refractivity contribution in [3.63, 3.8) is 0 Å². The number of H-pyrrole nitrogens is 1. The van der Waals surface area contributed by atoms with Crippen LogP contribution in [0, 0.1) is 6.92 Å². The van der Waals surface area contributed by atoms with Gasteiger partial charge in [-0.05, 0) is 6.92 Å². The van der Waals surface area contributed by atoms with Crippen molar-refractivity contribution in [3.8, 4) is 0 Å². The number of aromatic nitrogens is 2. The molecular formula is C7H14KN2O4P. The Morgan fingerprint density at radius 3 is 2.20 bits per heavy atom. The second-order valence-electron chi connectivity index (χ2n) is 2.52. The molecule has 0 amide bonds. The molecule has 0 spiro atoms. The Balaban J connectivity index is 0. The van der Waals surface area contributed by atoms with E-state index < -0.39 is 7.82 Å². The van der Waals surface area contributed by atoms with Gasteiger partial charge in [0, 0.05) is 13.5 Å². The molecule has 0 fully saturated rings. The Kier molecular flexibility index (Phi) is 11.0. The first-order valence-corrected chi connectivity index (χ1v) is 5.49. The summed E-state index contributed by atoms with van der Waals surface area (Å²) in [5.41, 5.74) is 0. The van der Waals surface area contributed by atoms with Gasteiger partial charge in [0.05, 0.1) is 14.9 Å². The number of nitrogens with one attached hydrogen (secondary N) is 1. The molecule has 82 valence electrons. The minimum absolute atomic E-state index is 0. The van der Waals surface area contributed by atoms with E-state index in [-0.39, 0.29) is 58.0 Å². The standard InChI is InChI=1S/C5H8N2.C2H7O4P.K/c1-5-6-3-4-7(5)2;1-2-6-7(3,4)5;/h3-4H,1-2H3;2H2,1H3,(H2,3,4,5);/q;;+1/p-1. The maximum absolute atomic E-state index is 9.48. The van der Waals surface area contributed by atoms with Crippen LogP contribution in [0.15, 0.2) is 12.4 Å². The quantitative estimate of drug-likeness (QED) is 0.333. The first-order chi connectivity index (χ1) is 6.37. The van der Waals surface area contributed by atoms with Crippen molar-refractivity contribution in [2.24, 2.45) is 7.05 Å². The van der Waals surface area contributed by atoms with E-state index in [4.69, 9.17) is 0 Å². The molecule has 8 heteroatoms. The van der Waals surface area contributed by atoms with E-state index in [0.717, 1.165) is 0 Å². The van der Waals surface area contributed by atoms with Crippen LogP contribution in [0.4, 0.5) is 0 Å². The van der Waals surface area contributed by atoms with Crippen LogP contribution < -0.4 is 65.7 Å². The van der Waals surface area contributed by atoms with Crippen molar-refractivity contribution in [1.82, 2.24) is 4.98 Å². The Bertz CT molecular complexity index is 295. The second-order valence-corrected chi connectivity index (χ2v) is 3.67. The summed E-state index contributed by atoms with van der Waals surface area (Å²) in [4.78, 5) is 22.0. The molecule has 1 aromatic heterocycles. The van der Waals surface area contributed by atoms with Crippen molar-refractivity contribution in [2.75, 3.05) is 6.61 Å². The smallest absolute Gasteiger partial charge is 0.790 e. The van der Waals surface area contributed by atoms with E-state index in [2.05, 4.69) is 9.51 Å². The number of rotatable bonds is 2. The largest absolute Gasteiger partial charge is 1.00 e. The van der Waals surface area contributed by atoms with Gasteiger partial charge in [0.25, 0.3) is 5.82 Å². The van der Waals surface area contributed by atoms with Gasteiger partial charge in [-0.15, -0.1) is 0 Å². The predicted octanol–water partition coefficient (Wildman–Crippen LogP) is -4.00. The molecule has 0 bridgehead atoms. The molecule has 1 N–H and O–H groups in total. The molecular weight excluding hydrogens is 246 g/mol. The van der Waals surface area contributed by atoms with Crippen molar-refractivity contribution in [1.29, 1.82) is 0 Å². The van der Waals surface area contributed by atoms with Gasteiger partial charge in [0.2, 0.25) is 0 Å². The minimum atomic E-state index is -4.67. The van der Waals surface area contributed by atoms with Gasteiger partial charge in [0.1, 0.15) is 12.4 Å². The number of hydrogen-bond acceptors (Lipinski definition) is 4. The zero-order valence-electron chi connectivity index (χ0n) is 9.39. The van der Waals surface area contributed by atoms with E-state index >= 15 is 0 Å². The molecule has 0 aliphatic heterocycles. The molecule has 1 heterocycles. The average Bonchev–Trinajstić information content (AvgIpc) is 2.35. The molecule has 15 heavy (non-hydrogen) atoms. The number of phosphoric ester groups is 1. The summed E-state index contributed by atoms with van der Waals surface area (Å²) in [6.45, 7) is 3.38. The fraction of sp³-hybridized carbons (Fsp3) is 0.571. The van der Waals surface area contributed by atoms with Crippen molar-refractivity contribution >= 4 is 7.82 Å². The Morgan fingerprint density at radius 2 is 2.13 bits per heavy atom. The van der Waals surface area contributed by atoms with E-state index in [1.54, 1.807) is 0 Å². The summed E-state index contributed by atoms with van der Waals surface area (Å²) in [7, 11) is -2.66. The third-order valence-electron chi connectivity index (χ3n) is 1.41. The maximum atomic E-state index is 9.48. The van der Waals surface area contributed by atoms with Crippen LogP contribution in [0.1, 0.15) is 12.7 Å².